The van der Waals surface area contributed by atoms with Crippen molar-refractivity contribution in [2.45, 2.75) is 12.5 Å². The summed E-state index contributed by atoms with van der Waals surface area (Å²) in [5.74, 6) is -0.277. The minimum Gasteiger partial charge on any atom is -0.391 e. The van der Waals surface area contributed by atoms with Crippen LogP contribution in [0.5, 0.6) is 0 Å². The van der Waals surface area contributed by atoms with E-state index in [0.717, 1.165) is 0 Å². The Labute approximate surface area is 116 Å². The lowest BCUT2D eigenvalue weighted by Crippen LogP contribution is -2.24. The van der Waals surface area contributed by atoms with Gasteiger partial charge < -0.3 is 14.9 Å². The Balaban J connectivity index is 2.38. The molecular weight excluding hydrogens is 262 g/mol. The van der Waals surface area contributed by atoms with Crippen molar-refractivity contribution in [3.8, 4) is 0 Å². The number of aliphatic hydroxyl groups excluding tert-OH is 1. The standard InChI is InChI=1S/C13H17N3O4/c1-14(2)13(18)9-3-4-11(12(7-9)16(19)20)15-6-5-10(17)8-15/h3-4,7,10,17H,5-6,8H2,1-2H3. The van der Waals surface area contributed by atoms with Crippen LogP contribution in [0, 0.1) is 10.1 Å². The van der Waals surface area contributed by atoms with E-state index in [0.29, 0.717) is 25.2 Å². The highest BCUT2D eigenvalue weighted by molar-refractivity contribution is 5.95. The zero-order chi connectivity index (χ0) is 14.9. The Kier molecular flexibility index (Phi) is 3.89. The van der Waals surface area contributed by atoms with Crippen molar-refractivity contribution in [3.63, 3.8) is 0 Å². The van der Waals surface area contributed by atoms with Crippen molar-refractivity contribution < 1.29 is 14.8 Å². The molecule has 1 atom stereocenters. The van der Waals surface area contributed by atoms with Crippen LogP contribution >= 0.6 is 0 Å². The van der Waals surface area contributed by atoms with E-state index >= 15 is 0 Å². The Bertz CT molecular complexity index is 544. The minimum absolute atomic E-state index is 0.105. The number of amides is 1. The first kappa shape index (κ1) is 14.3. The highest BCUT2D eigenvalue weighted by Crippen LogP contribution is 2.31. The molecule has 1 aliphatic rings. The third-order valence-electron chi connectivity index (χ3n) is 3.33. The lowest BCUT2D eigenvalue weighted by molar-refractivity contribution is -0.384. The number of carbonyl (C=O) groups excluding carboxylic acids is 1. The molecule has 7 heteroatoms. The van der Waals surface area contributed by atoms with Crippen LogP contribution in [0.1, 0.15) is 16.8 Å². The molecule has 1 heterocycles. The van der Waals surface area contributed by atoms with Gasteiger partial charge in [0.05, 0.1) is 11.0 Å². The molecule has 0 saturated carbocycles. The summed E-state index contributed by atoms with van der Waals surface area (Å²) in [5.41, 5.74) is 0.624. The lowest BCUT2D eigenvalue weighted by Gasteiger charge is -2.18. The van der Waals surface area contributed by atoms with Gasteiger partial charge in [-0.3, -0.25) is 14.9 Å². The maximum atomic E-state index is 11.9. The highest BCUT2D eigenvalue weighted by Gasteiger charge is 2.27. The first-order valence-corrected chi connectivity index (χ1v) is 6.33. The molecule has 1 saturated heterocycles. The molecule has 2 rings (SSSR count). The smallest absolute Gasteiger partial charge is 0.293 e. The van der Waals surface area contributed by atoms with Crippen molar-refractivity contribution in [3.05, 3.63) is 33.9 Å². The van der Waals surface area contributed by atoms with Gasteiger partial charge in [0.25, 0.3) is 11.6 Å². The highest BCUT2D eigenvalue weighted by atomic mass is 16.6. The van der Waals surface area contributed by atoms with Crippen LogP contribution in [0.25, 0.3) is 0 Å². The molecule has 7 nitrogen and oxygen atoms in total. The second kappa shape index (κ2) is 5.46. The molecule has 1 aromatic rings. The topological polar surface area (TPSA) is 86.9 Å². The third-order valence-corrected chi connectivity index (χ3v) is 3.33. The van der Waals surface area contributed by atoms with Gasteiger partial charge in [0.1, 0.15) is 5.69 Å². The van der Waals surface area contributed by atoms with E-state index in [1.54, 1.807) is 31.1 Å². The second-order valence-corrected chi connectivity index (χ2v) is 5.05. The summed E-state index contributed by atoms with van der Waals surface area (Å²) in [6.07, 6.45) is 0.132. The quantitative estimate of drug-likeness (QED) is 0.655. The molecule has 1 aliphatic heterocycles. The average Bonchev–Trinajstić information content (AvgIpc) is 2.83. The lowest BCUT2D eigenvalue weighted by atomic mass is 10.1. The summed E-state index contributed by atoms with van der Waals surface area (Å²) in [6, 6.07) is 4.45. The SMILES string of the molecule is CN(C)C(=O)c1ccc(N2CCC(O)C2)c([N+](=O)[O-])c1. The first-order valence-electron chi connectivity index (χ1n) is 6.33. The summed E-state index contributed by atoms with van der Waals surface area (Å²) < 4.78 is 0. The van der Waals surface area contributed by atoms with E-state index in [1.165, 1.54) is 11.0 Å². The van der Waals surface area contributed by atoms with Crippen molar-refractivity contribution in [1.29, 1.82) is 0 Å². The van der Waals surface area contributed by atoms with Crippen molar-refractivity contribution in [1.82, 2.24) is 4.90 Å². The molecule has 1 fully saturated rings. The van der Waals surface area contributed by atoms with E-state index in [4.69, 9.17) is 0 Å². The molecular formula is C13H17N3O4. The van der Waals surface area contributed by atoms with E-state index in [1.807, 2.05) is 0 Å². The van der Waals surface area contributed by atoms with Gasteiger partial charge in [0, 0.05) is 38.8 Å². The Morgan fingerprint density at radius 1 is 1.50 bits per heavy atom. The zero-order valence-corrected chi connectivity index (χ0v) is 11.4. The van der Waals surface area contributed by atoms with Crippen LogP contribution in [0.3, 0.4) is 0 Å². The first-order chi connectivity index (χ1) is 9.40. The Hall–Kier alpha value is -2.15. The van der Waals surface area contributed by atoms with Gasteiger partial charge in [-0.2, -0.15) is 0 Å². The number of nitro groups is 1. The van der Waals surface area contributed by atoms with E-state index in [2.05, 4.69) is 0 Å². The van der Waals surface area contributed by atoms with Crippen LogP contribution < -0.4 is 4.90 Å². The van der Waals surface area contributed by atoms with Gasteiger partial charge >= 0.3 is 0 Å². The number of nitro benzene ring substituents is 1. The Morgan fingerprint density at radius 2 is 2.20 bits per heavy atom. The maximum absolute atomic E-state index is 11.9. The van der Waals surface area contributed by atoms with Gasteiger partial charge in [-0.1, -0.05) is 0 Å². The monoisotopic (exact) mass is 279 g/mol. The number of nitrogens with zero attached hydrogens (tertiary/aromatic N) is 3. The van der Waals surface area contributed by atoms with Gasteiger partial charge in [0.2, 0.25) is 0 Å². The van der Waals surface area contributed by atoms with Crippen LogP contribution in [-0.2, 0) is 0 Å². The predicted octanol–water partition coefficient (Wildman–Crippen LogP) is 0.868. The number of β-amino-alcohol motifs (C(OH)–C–C–N with tert-alkyl or cyclic N) is 1. The summed E-state index contributed by atoms with van der Waals surface area (Å²) in [7, 11) is 3.19. The number of rotatable bonds is 3. The molecule has 1 N–H and O–H groups in total. The summed E-state index contributed by atoms with van der Waals surface area (Å²) >= 11 is 0. The average molecular weight is 279 g/mol. The fourth-order valence-electron chi connectivity index (χ4n) is 2.29. The summed E-state index contributed by atoms with van der Waals surface area (Å²) in [4.78, 5) is 25.7. The molecule has 0 spiro atoms. The van der Waals surface area contributed by atoms with E-state index in [-0.39, 0.29) is 17.2 Å². The van der Waals surface area contributed by atoms with Crippen LogP contribution in [-0.4, -0.2) is 54.1 Å². The molecule has 0 aliphatic carbocycles. The zero-order valence-electron chi connectivity index (χ0n) is 11.4. The molecule has 20 heavy (non-hydrogen) atoms. The number of benzene rings is 1. The molecule has 0 aromatic heterocycles. The van der Waals surface area contributed by atoms with Gasteiger partial charge in [0.15, 0.2) is 0 Å². The van der Waals surface area contributed by atoms with Gasteiger partial charge in [-0.05, 0) is 18.6 Å². The number of anilines is 1. The molecule has 1 unspecified atom stereocenters. The fourth-order valence-corrected chi connectivity index (χ4v) is 2.29. The van der Waals surface area contributed by atoms with E-state index < -0.39 is 11.0 Å². The molecule has 0 bridgehead atoms. The van der Waals surface area contributed by atoms with E-state index in [9.17, 15) is 20.0 Å². The predicted molar refractivity (Wildman–Crippen MR) is 74.0 cm³/mol. The minimum atomic E-state index is -0.494. The molecule has 0 radical (unpaired) electrons. The van der Waals surface area contributed by atoms with Crippen molar-refractivity contribution in [2.24, 2.45) is 0 Å². The maximum Gasteiger partial charge on any atom is 0.293 e. The van der Waals surface area contributed by atoms with Crippen LogP contribution in [0.4, 0.5) is 11.4 Å². The number of hydrogen-bond acceptors (Lipinski definition) is 5. The fraction of sp³-hybridized carbons (Fsp3) is 0.462. The second-order valence-electron chi connectivity index (χ2n) is 5.05. The number of aliphatic hydroxyl groups is 1. The molecule has 1 amide bonds. The normalized spacial score (nSPS) is 18.1. The number of hydrogen-bond donors (Lipinski definition) is 1. The van der Waals surface area contributed by atoms with Gasteiger partial charge in [-0.15, -0.1) is 0 Å². The van der Waals surface area contributed by atoms with Gasteiger partial charge in [-0.25, -0.2) is 0 Å². The molecule has 1 aromatic carbocycles. The summed E-state index contributed by atoms with van der Waals surface area (Å²) in [6.45, 7) is 0.949. The van der Waals surface area contributed by atoms with Crippen molar-refractivity contribution in [2.75, 3.05) is 32.1 Å². The number of carbonyl (C=O) groups is 1. The molecule has 108 valence electrons. The van der Waals surface area contributed by atoms with Crippen LogP contribution in [0.2, 0.25) is 0 Å². The van der Waals surface area contributed by atoms with Crippen LogP contribution in [0.15, 0.2) is 18.2 Å². The summed E-state index contributed by atoms with van der Waals surface area (Å²) in [5, 5.41) is 20.7. The third kappa shape index (κ3) is 2.72. The Morgan fingerprint density at radius 3 is 2.70 bits per heavy atom. The van der Waals surface area contributed by atoms with Crippen molar-refractivity contribution >= 4 is 17.3 Å². The largest absolute Gasteiger partial charge is 0.391 e.